The summed E-state index contributed by atoms with van der Waals surface area (Å²) in [6.07, 6.45) is 1.72. The van der Waals surface area contributed by atoms with E-state index in [-0.39, 0.29) is 11.8 Å². The number of amides is 2. The second-order valence-electron chi connectivity index (χ2n) is 2.59. The molecule has 0 saturated carbocycles. The Bertz CT molecular complexity index is 226. The number of hydrogen-bond acceptors (Lipinski definition) is 3. The van der Waals surface area contributed by atoms with E-state index in [2.05, 4.69) is 21.8 Å². The molecule has 7 nitrogen and oxygen atoms in total. The minimum atomic E-state index is -3.14. The first-order valence-corrected chi connectivity index (χ1v) is 5.49. The number of hydrogen-bond donors (Lipinski definition) is 4. The van der Waals surface area contributed by atoms with Crippen molar-refractivity contribution < 1.29 is 14.2 Å². The smallest absolute Gasteiger partial charge is 0.271 e. The maximum Gasteiger partial charge on any atom is 0.271 e. The van der Waals surface area contributed by atoms with Crippen LogP contribution in [0.4, 0.5) is 0 Å². The van der Waals surface area contributed by atoms with Crippen molar-refractivity contribution in [2.75, 3.05) is 0 Å². The highest BCUT2D eigenvalue weighted by Crippen LogP contribution is 2.06. The molecule has 0 atom stereocenters. The van der Waals surface area contributed by atoms with Crippen molar-refractivity contribution in [2.45, 2.75) is 19.3 Å². The van der Waals surface area contributed by atoms with Gasteiger partial charge in [-0.05, 0) is 6.42 Å². The van der Waals surface area contributed by atoms with E-state index in [0.717, 1.165) is 0 Å². The van der Waals surface area contributed by atoms with Gasteiger partial charge in [0.1, 0.15) is 0 Å². The zero-order valence-corrected chi connectivity index (χ0v) is 7.92. The van der Waals surface area contributed by atoms with Gasteiger partial charge in [-0.1, -0.05) is 0 Å². The van der Waals surface area contributed by atoms with Gasteiger partial charge in [0.05, 0.1) is 0 Å². The average molecular weight is 208 g/mol. The van der Waals surface area contributed by atoms with Crippen LogP contribution < -0.4 is 21.8 Å². The normalized spacial score (nSPS) is 17.2. The van der Waals surface area contributed by atoms with E-state index in [1.165, 1.54) is 0 Å². The molecule has 0 unspecified atom stereocenters. The van der Waals surface area contributed by atoms with E-state index < -0.39 is 7.59 Å². The molecule has 1 rings (SSSR count). The first-order valence-electron chi connectivity index (χ1n) is 3.57. The van der Waals surface area contributed by atoms with Crippen LogP contribution in [-0.2, 0) is 14.2 Å². The minimum Gasteiger partial charge on any atom is -0.296 e. The van der Waals surface area contributed by atoms with Crippen molar-refractivity contribution >= 4 is 19.4 Å². The second-order valence-corrected chi connectivity index (χ2v) is 4.12. The summed E-state index contributed by atoms with van der Waals surface area (Å²) in [5.74, 6) is -0.275. The van der Waals surface area contributed by atoms with Crippen molar-refractivity contribution in [3.8, 4) is 0 Å². The quantitative estimate of drug-likeness (QED) is 0.290. The fourth-order valence-corrected chi connectivity index (χ4v) is 0.690. The Kier molecular flexibility index (Phi) is 4.79. The fourth-order valence-electron chi connectivity index (χ4n) is 0.690. The summed E-state index contributed by atoms with van der Waals surface area (Å²) in [5.41, 5.74) is 13.4. The van der Waals surface area contributed by atoms with Crippen LogP contribution in [-0.4, -0.2) is 11.8 Å². The second kappa shape index (κ2) is 5.08. The Hall–Kier alpha value is -0.750. The Labute approximate surface area is 75.5 Å². The third-order valence-corrected chi connectivity index (χ3v) is 1.09. The summed E-state index contributed by atoms with van der Waals surface area (Å²) >= 11 is 0. The number of nitrogens with one attached hydrogen (secondary N) is 1. The van der Waals surface area contributed by atoms with Crippen molar-refractivity contribution in [3.05, 3.63) is 0 Å². The maximum absolute atomic E-state index is 10.3. The van der Waals surface area contributed by atoms with Crippen molar-refractivity contribution in [1.82, 2.24) is 5.32 Å². The molecule has 1 aliphatic rings. The largest absolute Gasteiger partial charge is 0.296 e. The molecule has 8 heteroatoms. The molecule has 1 saturated heterocycles. The van der Waals surface area contributed by atoms with Gasteiger partial charge < -0.3 is 0 Å². The van der Waals surface area contributed by atoms with Gasteiger partial charge >= 0.3 is 0 Å². The van der Waals surface area contributed by atoms with Crippen LogP contribution in [0.3, 0.4) is 0 Å². The topological polar surface area (TPSA) is 141 Å². The van der Waals surface area contributed by atoms with E-state index in [1.54, 1.807) is 0 Å². The average Bonchev–Trinajstić information content (AvgIpc) is 1.81. The van der Waals surface area contributed by atoms with E-state index in [0.29, 0.717) is 19.3 Å². The summed E-state index contributed by atoms with van der Waals surface area (Å²) < 4.78 is 9.55. The SMILES string of the molecule is NP(N)(N)=O.O=C1CCCC(=O)N1. The highest BCUT2D eigenvalue weighted by atomic mass is 31.2. The van der Waals surface area contributed by atoms with E-state index in [9.17, 15) is 14.2 Å². The van der Waals surface area contributed by atoms with Crippen LogP contribution in [0.2, 0.25) is 0 Å². The van der Waals surface area contributed by atoms with Crippen LogP contribution in [0.25, 0.3) is 0 Å². The summed E-state index contributed by atoms with van der Waals surface area (Å²) in [7, 11) is -3.14. The van der Waals surface area contributed by atoms with Crippen LogP contribution in [0, 0.1) is 0 Å². The summed E-state index contributed by atoms with van der Waals surface area (Å²) in [6.45, 7) is 0. The monoisotopic (exact) mass is 208 g/mol. The Morgan fingerprint density at radius 2 is 1.38 bits per heavy atom. The summed E-state index contributed by atoms with van der Waals surface area (Å²) in [5, 5.41) is 2.20. The number of imide groups is 1. The van der Waals surface area contributed by atoms with E-state index in [1.807, 2.05) is 0 Å². The lowest BCUT2D eigenvalue weighted by Crippen LogP contribution is -2.33. The van der Waals surface area contributed by atoms with E-state index in [4.69, 9.17) is 0 Å². The lowest BCUT2D eigenvalue weighted by atomic mass is 10.1. The van der Waals surface area contributed by atoms with Crippen LogP contribution in [0.5, 0.6) is 0 Å². The zero-order chi connectivity index (χ0) is 10.5. The van der Waals surface area contributed by atoms with Gasteiger partial charge in [-0.25, -0.2) is 0 Å². The number of nitrogens with two attached hydrogens (primary N) is 3. The standard InChI is InChI=1S/C5H7NO2.H6N3OP/c7-4-2-1-3-5(8)6-4;1-5(2,3)4/h1-3H2,(H,6,7,8);(H6,1,2,3,4). The molecule has 0 aromatic rings. The lowest BCUT2D eigenvalue weighted by Gasteiger charge is -2.07. The molecule has 0 aliphatic carbocycles. The fraction of sp³-hybridized carbons (Fsp3) is 0.600. The zero-order valence-electron chi connectivity index (χ0n) is 7.03. The van der Waals surface area contributed by atoms with E-state index >= 15 is 0 Å². The molecule has 0 aromatic carbocycles. The van der Waals surface area contributed by atoms with Gasteiger partial charge in [0.15, 0.2) is 0 Å². The predicted molar refractivity (Wildman–Crippen MR) is 47.2 cm³/mol. The molecule has 13 heavy (non-hydrogen) atoms. The van der Waals surface area contributed by atoms with Gasteiger partial charge in [0, 0.05) is 12.8 Å². The van der Waals surface area contributed by atoms with Crippen LogP contribution >= 0.6 is 7.59 Å². The van der Waals surface area contributed by atoms with Crippen molar-refractivity contribution in [1.29, 1.82) is 0 Å². The van der Waals surface area contributed by atoms with Gasteiger partial charge in [0.25, 0.3) is 7.59 Å². The molecule has 76 valence electrons. The summed E-state index contributed by atoms with van der Waals surface area (Å²) in [4.78, 5) is 20.7. The molecule has 1 aliphatic heterocycles. The Balaban J connectivity index is 0.000000252. The van der Waals surface area contributed by atoms with Crippen molar-refractivity contribution in [3.63, 3.8) is 0 Å². The first-order chi connectivity index (χ1) is 5.79. The van der Waals surface area contributed by atoms with Gasteiger partial charge in [-0.3, -0.25) is 36.0 Å². The number of rotatable bonds is 0. The predicted octanol–water partition coefficient (Wildman–Crippen LogP) is -1.22. The molecular weight excluding hydrogens is 195 g/mol. The summed E-state index contributed by atoms with van der Waals surface area (Å²) in [6, 6.07) is 0. The van der Waals surface area contributed by atoms with Crippen LogP contribution in [0.1, 0.15) is 19.3 Å². The third-order valence-electron chi connectivity index (χ3n) is 1.09. The molecule has 1 heterocycles. The highest BCUT2D eigenvalue weighted by Gasteiger charge is 2.12. The molecule has 2 amide bonds. The maximum atomic E-state index is 10.3. The molecule has 1 fully saturated rings. The van der Waals surface area contributed by atoms with Crippen molar-refractivity contribution in [2.24, 2.45) is 16.5 Å². The van der Waals surface area contributed by atoms with Gasteiger partial charge in [0.2, 0.25) is 11.8 Å². The molecule has 0 spiro atoms. The Morgan fingerprint density at radius 1 is 1.08 bits per heavy atom. The van der Waals surface area contributed by atoms with Crippen LogP contribution in [0.15, 0.2) is 0 Å². The molecule has 0 bridgehead atoms. The molecular formula is C5H13N4O3P. The Morgan fingerprint density at radius 3 is 1.54 bits per heavy atom. The minimum absolute atomic E-state index is 0.138. The van der Waals surface area contributed by atoms with Gasteiger partial charge in [-0.15, -0.1) is 0 Å². The molecule has 0 radical (unpaired) electrons. The first kappa shape index (κ1) is 12.2. The number of carbonyl (C=O) groups is 2. The molecule has 7 N–H and O–H groups in total. The third kappa shape index (κ3) is 11.2. The molecule has 0 aromatic heterocycles. The number of piperidine rings is 1. The highest BCUT2D eigenvalue weighted by molar-refractivity contribution is 7.56. The van der Waals surface area contributed by atoms with Gasteiger partial charge in [-0.2, -0.15) is 0 Å². The lowest BCUT2D eigenvalue weighted by molar-refractivity contribution is -0.132. The number of carbonyl (C=O) groups excluding carboxylic acids is 2.